The lowest BCUT2D eigenvalue weighted by Gasteiger charge is -2.44. The van der Waals surface area contributed by atoms with E-state index >= 15 is 0 Å². The molecular formula is C70H94O14. The minimum Gasteiger partial charge on any atom is -0.493 e. The topological polar surface area (TPSA) is 184 Å². The van der Waals surface area contributed by atoms with Crippen LogP contribution in [0.15, 0.2) is 69.6 Å². The number of aryl methyl sites for hydroxylation is 2. The van der Waals surface area contributed by atoms with Gasteiger partial charge in [0.05, 0.1) is 13.2 Å². The molecule has 1 saturated heterocycles. The fraction of sp³-hybridized carbons (Fsp3) is 0.586. The van der Waals surface area contributed by atoms with Gasteiger partial charge in [-0.3, -0.25) is 33.6 Å². The fourth-order valence-electron chi connectivity index (χ4n) is 13.6. The summed E-state index contributed by atoms with van der Waals surface area (Å²) in [5, 5.41) is 0. The molecule has 0 spiro atoms. The lowest BCUT2D eigenvalue weighted by molar-refractivity contribution is -0.174. The number of rotatable bonds is 16. The average Bonchev–Trinajstić information content (AvgIpc) is 0.881. The van der Waals surface area contributed by atoms with E-state index < -0.39 is 18.2 Å². The summed E-state index contributed by atoms with van der Waals surface area (Å²) in [5.74, 6) is 2.26. The van der Waals surface area contributed by atoms with E-state index in [2.05, 4.69) is 80.5 Å². The van der Waals surface area contributed by atoms with Crippen molar-refractivity contribution < 1.29 is 66.7 Å². The van der Waals surface area contributed by atoms with E-state index in [-0.39, 0.29) is 70.9 Å². The smallest absolute Gasteiger partial charge is 0.308 e. The molecule has 0 amide bonds. The molecule has 84 heavy (non-hydrogen) atoms. The molecule has 458 valence electrons. The quantitative estimate of drug-likeness (QED) is 0.0508. The maximum absolute atomic E-state index is 12.5. The third-order valence-electron chi connectivity index (χ3n) is 17.5. The molecule has 1 unspecified atom stereocenters. The molecular weight excluding hydrogens is 1060 g/mol. The zero-order valence-electron chi connectivity index (χ0n) is 53.3. The number of ketones is 2. The highest BCUT2D eigenvalue weighted by atomic mass is 16.7. The minimum atomic E-state index is -0.588. The van der Waals surface area contributed by atoms with Gasteiger partial charge >= 0.3 is 29.8 Å². The molecule has 0 N–H and O–H groups in total. The van der Waals surface area contributed by atoms with Gasteiger partial charge in [0, 0.05) is 85.8 Å². The molecule has 4 aliphatic carbocycles. The van der Waals surface area contributed by atoms with Crippen molar-refractivity contribution in [1.82, 2.24) is 0 Å². The molecule has 2 aromatic carbocycles. The highest BCUT2D eigenvalue weighted by molar-refractivity contribution is 6.50. The summed E-state index contributed by atoms with van der Waals surface area (Å²) in [5.41, 5.74) is 12.1. The van der Waals surface area contributed by atoms with Crippen molar-refractivity contribution in [2.75, 3.05) is 13.2 Å². The Hall–Kier alpha value is -6.57. The van der Waals surface area contributed by atoms with Crippen LogP contribution in [0.3, 0.4) is 0 Å². The van der Waals surface area contributed by atoms with E-state index in [9.17, 15) is 33.6 Å². The Kier molecular flexibility index (Phi) is 23.4. The number of hydrogen-bond donors (Lipinski definition) is 0. The zero-order chi connectivity index (χ0) is 62.0. The first-order chi connectivity index (χ1) is 39.6. The molecule has 14 nitrogen and oxygen atoms in total. The number of fused-ring (bicyclic) bond motifs is 1. The van der Waals surface area contributed by atoms with Gasteiger partial charge in [0.25, 0.3) is 0 Å². The van der Waals surface area contributed by atoms with Crippen molar-refractivity contribution in [3.8, 4) is 23.0 Å². The molecule has 1 fully saturated rings. The monoisotopic (exact) mass is 1160 g/mol. The summed E-state index contributed by atoms with van der Waals surface area (Å²) in [7, 11) is 0. The molecule has 0 radical (unpaired) electrons. The highest BCUT2D eigenvalue weighted by Gasteiger charge is 2.48. The van der Waals surface area contributed by atoms with Crippen molar-refractivity contribution in [3.05, 3.63) is 103 Å². The molecule has 2 aromatic rings. The standard InChI is InChI=1S/C26H36O6.C24H32O5.C20H26O3/c1-15(2)9-8-10-21(14-30-18(5)27)22-12-11-16(3)24-23(22)13-17(4)25(31-19(6)28)26(24)32-20(7)29;1-13(2)8-7-9-19-18-11-10-14(3)21-20(27-16(5)25)12-15(4)23(22(18)21)29-24(19)28-17(6)26;1-11(2)6-5-7-14-10-23-20-13(4)18(21)19(22)16-12(3)8-9-15(14)17(16)20/h9,13,16,21-22H,8,10-12,14H2,1-7H3;8,12,14,18-19,24H,7,9-11H2,1-6H3;6,12,14-15H,5,7-10H2,1-4H3/t16-,21-,22+;14-,18+,19+,24?;12-,14-,15+/m111/s1. The van der Waals surface area contributed by atoms with Gasteiger partial charge in [-0.25, -0.2) is 0 Å². The van der Waals surface area contributed by atoms with Crippen LogP contribution < -0.4 is 18.9 Å². The third kappa shape index (κ3) is 16.2. The van der Waals surface area contributed by atoms with Crippen LogP contribution in [0, 0.1) is 43.4 Å². The maximum Gasteiger partial charge on any atom is 0.308 e. The van der Waals surface area contributed by atoms with E-state index in [4.69, 9.17) is 33.2 Å². The molecule has 0 bridgehead atoms. The number of ether oxygens (including phenoxy) is 7. The molecule has 0 aromatic heterocycles. The Morgan fingerprint density at radius 1 is 0.583 bits per heavy atom. The Balaban J connectivity index is 0.000000204. The molecule has 0 saturated carbocycles. The van der Waals surface area contributed by atoms with Gasteiger partial charge in [-0.2, -0.15) is 0 Å². The van der Waals surface area contributed by atoms with Crippen LogP contribution in [-0.2, 0) is 47.8 Å². The fourth-order valence-corrected chi connectivity index (χ4v) is 13.6. The normalized spacial score (nSPS) is 23.8. The van der Waals surface area contributed by atoms with Crippen molar-refractivity contribution in [2.45, 2.75) is 225 Å². The summed E-state index contributed by atoms with van der Waals surface area (Å²) in [4.78, 5) is 83.4. The molecule has 14 heteroatoms. The van der Waals surface area contributed by atoms with E-state index in [0.717, 1.165) is 133 Å². The van der Waals surface area contributed by atoms with Crippen LogP contribution in [0.1, 0.15) is 238 Å². The second-order valence-corrected chi connectivity index (χ2v) is 25.1. The average molecular weight is 1160 g/mol. The third-order valence-corrected chi connectivity index (χ3v) is 17.5. The number of carbonyl (C=O) groups excluding carboxylic acids is 7. The molecule has 2 aliphatic heterocycles. The van der Waals surface area contributed by atoms with Gasteiger partial charge in [-0.1, -0.05) is 61.8 Å². The minimum absolute atomic E-state index is 0.0697. The van der Waals surface area contributed by atoms with Crippen LogP contribution in [0.4, 0.5) is 0 Å². The second-order valence-electron chi connectivity index (χ2n) is 25.1. The first-order valence-corrected chi connectivity index (χ1v) is 30.6. The lowest BCUT2D eigenvalue weighted by atomic mass is 9.65. The molecule has 8 rings (SSSR count). The highest BCUT2D eigenvalue weighted by Crippen LogP contribution is 2.57. The zero-order valence-corrected chi connectivity index (χ0v) is 53.3. The second kappa shape index (κ2) is 29.5. The van der Waals surface area contributed by atoms with Crippen LogP contribution in [0.25, 0.3) is 0 Å². The van der Waals surface area contributed by atoms with Crippen molar-refractivity contribution in [3.63, 3.8) is 0 Å². The van der Waals surface area contributed by atoms with Gasteiger partial charge < -0.3 is 33.2 Å². The Labute approximate surface area is 499 Å². The molecule has 2 heterocycles. The van der Waals surface area contributed by atoms with E-state index in [0.29, 0.717) is 47.9 Å². The number of esters is 5. The largest absolute Gasteiger partial charge is 0.493 e. The van der Waals surface area contributed by atoms with E-state index in [1.165, 1.54) is 51.3 Å². The lowest BCUT2D eigenvalue weighted by Crippen LogP contribution is -2.41. The SMILES string of the molecule is CC(=O)OC[C@@H](CCC=C(C)C)[C@@H]1CC[C@@H](C)c2c1cc(C)c(OC(C)=O)c2OC(C)=O.CC(=O)Oc1cc(C)c2c3c1[C@H](C)CC[C@H]3[C@H](CCC=C(C)C)C(OC(C)=O)O2.CC(C)=CCC[C@@H]1COC2=C(C)C(=O)C(=O)C3=C2[C@H]1CC[C@H]3C. The summed E-state index contributed by atoms with van der Waals surface area (Å²) < 4.78 is 40.0. The Morgan fingerprint density at radius 3 is 1.76 bits per heavy atom. The first-order valence-electron chi connectivity index (χ1n) is 30.6. The summed E-state index contributed by atoms with van der Waals surface area (Å²) in [6.07, 6.45) is 17.7. The van der Waals surface area contributed by atoms with Crippen molar-refractivity contribution in [1.29, 1.82) is 0 Å². The van der Waals surface area contributed by atoms with Gasteiger partial charge in [0.1, 0.15) is 17.3 Å². The van der Waals surface area contributed by atoms with Crippen molar-refractivity contribution >= 4 is 41.4 Å². The first kappa shape index (κ1) is 66.6. The predicted molar refractivity (Wildman–Crippen MR) is 324 cm³/mol. The predicted octanol–water partition coefficient (Wildman–Crippen LogP) is 15.4. The summed E-state index contributed by atoms with van der Waals surface area (Å²) >= 11 is 0. The van der Waals surface area contributed by atoms with Crippen LogP contribution in [0.5, 0.6) is 23.0 Å². The Morgan fingerprint density at radius 2 is 1.15 bits per heavy atom. The number of hydrogen-bond acceptors (Lipinski definition) is 14. The summed E-state index contributed by atoms with van der Waals surface area (Å²) in [6, 6.07) is 3.92. The van der Waals surface area contributed by atoms with Gasteiger partial charge in [-0.15, -0.1) is 0 Å². The van der Waals surface area contributed by atoms with Gasteiger partial charge in [0.2, 0.25) is 17.9 Å². The number of benzene rings is 2. The van der Waals surface area contributed by atoms with E-state index in [1.54, 1.807) is 6.92 Å². The summed E-state index contributed by atoms with van der Waals surface area (Å²) in [6.45, 7) is 32.4. The number of allylic oxidation sites excluding steroid dienone is 9. The van der Waals surface area contributed by atoms with Crippen LogP contribution >= 0.6 is 0 Å². The molecule has 10 atom stereocenters. The van der Waals surface area contributed by atoms with Gasteiger partial charge in [-0.05, 0) is 198 Å². The molecule has 6 aliphatic rings. The van der Waals surface area contributed by atoms with Crippen molar-refractivity contribution in [2.24, 2.45) is 29.6 Å². The number of carbonyl (C=O) groups is 7. The maximum atomic E-state index is 12.5. The number of Topliss-reactive ketones (excluding diaryl/α,β-unsaturated/α-hetero) is 2. The Bertz CT molecular complexity index is 3000. The van der Waals surface area contributed by atoms with Crippen LogP contribution in [-0.4, -0.2) is 60.9 Å². The van der Waals surface area contributed by atoms with Gasteiger partial charge in [0.15, 0.2) is 11.5 Å². The van der Waals surface area contributed by atoms with E-state index in [1.807, 2.05) is 26.0 Å². The van der Waals surface area contributed by atoms with Crippen LogP contribution in [0.2, 0.25) is 0 Å².